The van der Waals surface area contributed by atoms with Gasteiger partial charge in [0.1, 0.15) is 4.60 Å². The van der Waals surface area contributed by atoms with E-state index >= 15 is 0 Å². The Bertz CT molecular complexity index is 1120. The number of halogens is 1. The van der Waals surface area contributed by atoms with E-state index in [0.29, 0.717) is 5.56 Å². The van der Waals surface area contributed by atoms with Gasteiger partial charge in [0.15, 0.2) is 0 Å². The van der Waals surface area contributed by atoms with E-state index in [0.717, 1.165) is 53.0 Å². The van der Waals surface area contributed by atoms with Crippen molar-refractivity contribution in [1.29, 1.82) is 5.26 Å². The fourth-order valence-electron chi connectivity index (χ4n) is 5.19. The fraction of sp³-hybridized carbons (Fsp3) is 0.381. The summed E-state index contributed by atoms with van der Waals surface area (Å²) in [5.41, 5.74) is 12.7. The Morgan fingerprint density at radius 3 is 2.82 bits per heavy atom. The maximum atomic E-state index is 9.39. The van der Waals surface area contributed by atoms with E-state index in [1.54, 1.807) is 0 Å². The normalized spacial score (nSPS) is 23.1. The minimum atomic E-state index is -0.114. The van der Waals surface area contributed by atoms with Crippen molar-refractivity contribution < 1.29 is 0 Å². The van der Waals surface area contributed by atoms with Gasteiger partial charge in [-0.2, -0.15) is 10.4 Å². The molecule has 1 aliphatic heterocycles. The molecule has 0 saturated carbocycles. The molecular formula is C21H21BrN6. The summed E-state index contributed by atoms with van der Waals surface area (Å²) in [6.07, 6.45) is 3.77. The van der Waals surface area contributed by atoms with Crippen molar-refractivity contribution in [2.45, 2.75) is 31.7 Å². The summed E-state index contributed by atoms with van der Waals surface area (Å²) < 4.78 is 2.79. The summed E-state index contributed by atoms with van der Waals surface area (Å²) in [6, 6.07) is 10.1. The van der Waals surface area contributed by atoms with E-state index < -0.39 is 0 Å². The first-order valence-corrected chi connectivity index (χ1v) is 10.4. The summed E-state index contributed by atoms with van der Waals surface area (Å²) >= 11 is 3.62. The molecule has 1 saturated heterocycles. The van der Waals surface area contributed by atoms with Gasteiger partial charge in [-0.1, -0.05) is 6.07 Å². The van der Waals surface area contributed by atoms with Crippen LogP contribution < -0.4 is 11.1 Å². The van der Waals surface area contributed by atoms with Crippen LogP contribution in [0.5, 0.6) is 0 Å². The number of benzene rings is 1. The molecule has 3 N–H and O–H groups in total. The fourth-order valence-corrected chi connectivity index (χ4v) is 5.56. The summed E-state index contributed by atoms with van der Waals surface area (Å²) in [6.45, 7) is 3.88. The Hall–Kier alpha value is -2.27. The SMILES string of the molecule is Cc1nc(C2c3ccc(C#N)cc3C(N)C23CCNCC3)c2ccnn2c1Br. The Morgan fingerprint density at radius 1 is 1.29 bits per heavy atom. The number of rotatable bonds is 1. The van der Waals surface area contributed by atoms with Gasteiger partial charge in [-0.3, -0.25) is 4.98 Å². The quantitative estimate of drug-likeness (QED) is 0.610. The number of nitrogens with two attached hydrogens (primary N) is 1. The molecule has 1 aromatic carbocycles. The van der Waals surface area contributed by atoms with Crippen LogP contribution in [0.15, 0.2) is 35.1 Å². The lowest BCUT2D eigenvalue weighted by molar-refractivity contribution is 0.149. The second-order valence-corrected chi connectivity index (χ2v) is 8.60. The van der Waals surface area contributed by atoms with Crippen molar-refractivity contribution in [3.63, 3.8) is 0 Å². The summed E-state index contributed by atoms with van der Waals surface area (Å²) in [5, 5.41) is 17.4. The summed E-state index contributed by atoms with van der Waals surface area (Å²) in [7, 11) is 0. The number of hydrogen-bond acceptors (Lipinski definition) is 5. The van der Waals surface area contributed by atoms with E-state index in [4.69, 9.17) is 10.7 Å². The van der Waals surface area contributed by atoms with Crippen LogP contribution in [0.4, 0.5) is 0 Å². The molecule has 3 heterocycles. The molecule has 1 aliphatic carbocycles. The van der Waals surface area contributed by atoms with E-state index in [2.05, 4.69) is 38.5 Å². The Morgan fingerprint density at radius 2 is 2.07 bits per heavy atom. The van der Waals surface area contributed by atoms with Gasteiger partial charge < -0.3 is 11.1 Å². The average Bonchev–Trinajstić information content (AvgIpc) is 3.29. The Kier molecular flexibility index (Phi) is 4.05. The Balaban J connectivity index is 1.81. The minimum absolute atomic E-state index is 0.0818. The van der Waals surface area contributed by atoms with Gasteiger partial charge in [0.25, 0.3) is 0 Å². The third-order valence-corrected chi connectivity index (χ3v) is 7.45. The lowest BCUT2D eigenvalue weighted by Crippen LogP contribution is -2.44. The molecule has 0 radical (unpaired) electrons. The number of piperidine rings is 1. The number of nitrogens with one attached hydrogen (secondary N) is 1. The molecule has 7 heteroatoms. The third kappa shape index (κ3) is 2.32. The minimum Gasteiger partial charge on any atom is -0.323 e. The van der Waals surface area contributed by atoms with Crippen molar-refractivity contribution in [2.75, 3.05) is 13.1 Å². The van der Waals surface area contributed by atoms with Crippen molar-refractivity contribution >= 4 is 21.4 Å². The number of hydrogen-bond donors (Lipinski definition) is 2. The zero-order chi connectivity index (χ0) is 19.5. The number of nitriles is 1. The molecule has 28 heavy (non-hydrogen) atoms. The van der Waals surface area contributed by atoms with E-state index in [1.807, 2.05) is 35.8 Å². The molecule has 2 atom stereocenters. The number of aromatic nitrogens is 3. The molecule has 0 amide bonds. The average molecular weight is 437 g/mol. The standard InChI is InChI=1S/C21H21BrN6/c1-12-20(22)28-16(4-7-26-28)18(27-12)17-14-3-2-13(11-23)10-15(14)19(24)21(17)5-8-25-9-6-21/h2-4,7,10,17,19,25H,5-6,8-9,24H2,1H3. The smallest absolute Gasteiger partial charge is 0.129 e. The van der Waals surface area contributed by atoms with Crippen molar-refractivity contribution in [1.82, 2.24) is 19.9 Å². The molecular weight excluding hydrogens is 416 g/mol. The highest BCUT2D eigenvalue weighted by atomic mass is 79.9. The van der Waals surface area contributed by atoms with Crippen molar-refractivity contribution in [3.05, 3.63) is 63.1 Å². The van der Waals surface area contributed by atoms with Gasteiger partial charge in [-0.05, 0) is 78.1 Å². The Labute approximate surface area is 171 Å². The van der Waals surface area contributed by atoms with Crippen LogP contribution in [-0.2, 0) is 0 Å². The first-order valence-electron chi connectivity index (χ1n) is 9.57. The predicted octanol–water partition coefficient (Wildman–Crippen LogP) is 3.19. The van der Waals surface area contributed by atoms with Gasteiger partial charge in [-0.25, -0.2) is 4.52 Å². The van der Waals surface area contributed by atoms with Gasteiger partial charge in [0, 0.05) is 17.4 Å². The van der Waals surface area contributed by atoms with Gasteiger partial charge in [-0.15, -0.1) is 0 Å². The number of fused-ring (bicyclic) bond motifs is 2. The second kappa shape index (κ2) is 6.38. The lowest BCUT2D eigenvalue weighted by atomic mass is 9.66. The number of aryl methyl sites for hydroxylation is 1. The lowest BCUT2D eigenvalue weighted by Gasteiger charge is -2.42. The second-order valence-electron chi connectivity index (χ2n) is 7.85. The zero-order valence-corrected chi connectivity index (χ0v) is 17.2. The van der Waals surface area contributed by atoms with E-state index in [9.17, 15) is 5.26 Å². The predicted molar refractivity (Wildman–Crippen MR) is 110 cm³/mol. The molecule has 1 fully saturated rings. The molecule has 142 valence electrons. The van der Waals surface area contributed by atoms with Crippen molar-refractivity contribution in [2.24, 2.45) is 11.1 Å². The van der Waals surface area contributed by atoms with Gasteiger partial charge >= 0.3 is 0 Å². The molecule has 6 nitrogen and oxygen atoms in total. The highest BCUT2D eigenvalue weighted by molar-refractivity contribution is 9.10. The first kappa shape index (κ1) is 17.8. The zero-order valence-electron chi connectivity index (χ0n) is 15.6. The van der Waals surface area contributed by atoms with Gasteiger partial charge in [0.2, 0.25) is 0 Å². The van der Waals surface area contributed by atoms with Crippen LogP contribution in [-0.4, -0.2) is 27.7 Å². The van der Waals surface area contributed by atoms with Crippen LogP contribution in [0.2, 0.25) is 0 Å². The number of nitrogens with zero attached hydrogens (tertiary/aromatic N) is 4. The summed E-state index contributed by atoms with van der Waals surface area (Å²) in [4.78, 5) is 5.03. The van der Waals surface area contributed by atoms with E-state index in [1.165, 1.54) is 5.56 Å². The van der Waals surface area contributed by atoms with Gasteiger partial charge in [0.05, 0.1) is 34.7 Å². The van der Waals surface area contributed by atoms with Crippen LogP contribution in [0.1, 0.15) is 52.9 Å². The van der Waals surface area contributed by atoms with Crippen LogP contribution >= 0.6 is 15.9 Å². The third-order valence-electron chi connectivity index (χ3n) is 6.54. The topological polar surface area (TPSA) is 92.0 Å². The maximum Gasteiger partial charge on any atom is 0.129 e. The van der Waals surface area contributed by atoms with Crippen LogP contribution in [0.3, 0.4) is 0 Å². The highest BCUT2D eigenvalue weighted by Gasteiger charge is 2.53. The first-order chi connectivity index (χ1) is 13.6. The van der Waals surface area contributed by atoms with Crippen LogP contribution in [0, 0.1) is 23.7 Å². The van der Waals surface area contributed by atoms with Crippen molar-refractivity contribution in [3.8, 4) is 6.07 Å². The van der Waals surface area contributed by atoms with E-state index in [-0.39, 0.29) is 17.4 Å². The monoisotopic (exact) mass is 436 g/mol. The summed E-state index contributed by atoms with van der Waals surface area (Å²) in [5.74, 6) is 0.0818. The molecule has 3 aromatic rings. The maximum absolute atomic E-state index is 9.39. The molecule has 2 aromatic heterocycles. The molecule has 0 bridgehead atoms. The molecule has 1 spiro atoms. The molecule has 2 unspecified atom stereocenters. The van der Waals surface area contributed by atoms with Crippen LogP contribution in [0.25, 0.3) is 5.52 Å². The molecule has 5 rings (SSSR count). The largest absolute Gasteiger partial charge is 0.323 e. The highest BCUT2D eigenvalue weighted by Crippen LogP contribution is 2.60. The molecule has 2 aliphatic rings.